The van der Waals surface area contributed by atoms with Crippen molar-refractivity contribution in [3.8, 4) is 0 Å². The van der Waals surface area contributed by atoms with Gasteiger partial charge in [-0.05, 0) is 43.1 Å². The monoisotopic (exact) mass is 355 g/mol. The van der Waals surface area contributed by atoms with Crippen molar-refractivity contribution in [2.45, 2.75) is 32.9 Å². The highest BCUT2D eigenvalue weighted by molar-refractivity contribution is 6.28. The molecule has 124 valence electrons. The summed E-state index contributed by atoms with van der Waals surface area (Å²) >= 11 is 6.02. The number of aryl methyl sites for hydroxylation is 1. The fourth-order valence-corrected chi connectivity index (χ4v) is 2.67. The number of H-pyrrole nitrogens is 1. The van der Waals surface area contributed by atoms with Gasteiger partial charge < -0.3 is 20.5 Å². The van der Waals surface area contributed by atoms with Crippen LogP contribution in [0.3, 0.4) is 0 Å². The molecule has 0 radical (unpaired) electrons. The molecule has 0 saturated carbocycles. The van der Waals surface area contributed by atoms with E-state index >= 15 is 0 Å². The van der Waals surface area contributed by atoms with Crippen LogP contribution in [0.4, 0.5) is 5.82 Å². The van der Waals surface area contributed by atoms with Crippen LogP contribution < -0.4 is 11.1 Å². The standard InChI is InChI=1S/C15H18ClN5O.ClH/c1-8(17)6-11-9(2)12-13(18-7-10-4-3-5-22-10)20-15(16)21-14(12)19-11;/h3-5,8H,6-7,17H2,1-2H3,(H2,18,19,20,21);1H. The van der Waals surface area contributed by atoms with E-state index in [9.17, 15) is 0 Å². The predicted molar refractivity (Wildman–Crippen MR) is 94.3 cm³/mol. The Kier molecular flexibility index (Phi) is 5.51. The van der Waals surface area contributed by atoms with Crippen LogP contribution in [0.5, 0.6) is 0 Å². The van der Waals surface area contributed by atoms with Gasteiger partial charge in [0.2, 0.25) is 5.28 Å². The van der Waals surface area contributed by atoms with Gasteiger partial charge in [0.15, 0.2) is 0 Å². The number of anilines is 1. The maximum absolute atomic E-state index is 6.02. The molecule has 0 bridgehead atoms. The highest BCUT2D eigenvalue weighted by Gasteiger charge is 2.16. The largest absolute Gasteiger partial charge is 0.467 e. The van der Waals surface area contributed by atoms with Crippen molar-refractivity contribution >= 4 is 40.9 Å². The second-order valence-electron chi connectivity index (χ2n) is 5.41. The van der Waals surface area contributed by atoms with E-state index in [1.807, 2.05) is 26.0 Å². The lowest BCUT2D eigenvalue weighted by Gasteiger charge is -2.07. The molecule has 3 aromatic rings. The summed E-state index contributed by atoms with van der Waals surface area (Å²) in [5.41, 5.74) is 8.76. The van der Waals surface area contributed by atoms with Gasteiger partial charge in [-0.3, -0.25) is 0 Å². The zero-order valence-corrected chi connectivity index (χ0v) is 14.5. The highest BCUT2D eigenvalue weighted by Crippen LogP contribution is 2.28. The van der Waals surface area contributed by atoms with Crippen LogP contribution in [0.2, 0.25) is 5.28 Å². The van der Waals surface area contributed by atoms with Crippen molar-refractivity contribution in [3.63, 3.8) is 0 Å². The number of rotatable bonds is 5. The SMILES string of the molecule is Cc1c(CC(C)N)[nH]c2nc(Cl)nc(NCc3ccco3)c12.Cl. The van der Waals surface area contributed by atoms with Gasteiger partial charge in [0.05, 0.1) is 18.2 Å². The fourth-order valence-electron chi connectivity index (χ4n) is 2.50. The summed E-state index contributed by atoms with van der Waals surface area (Å²) in [6, 6.07) is 3.81. The topological polar surface area (TPSA) is 92.8 Å². The number of aromatic amines is 1. The molecular formula is C15H19Cl2N5O. The lowest BCUT2D eigenvalue weighted by Crippen LogP contribution is -2.18. The van der Waals surface area contributed by atoms with E-state index in [0.717, 1.165) is 34.5 Å². The van der Waals surface area contributed by atoms with Crippen LogP contribution >= 0.6 is 24.0 Å². The van der Waals surface area contributed by atoms with Gasteiger partial charge in [-0.25, -0.2) is 4.98 Å². The number of nitrogens with one attached hydrogen (secondary N) is 2. The normalized spacial score (nSPS) is 12.2. The first-order valence-corrected chi connectivity index (χ1v) is 7.49. The van der Waals surface area contributed by atoms with Gasteiger partial charge in [-0.1, -0.05) is 0 Å². The van der Waals surface area contributed by atoms with Gasteiger partial charge in [0, 0.05) is 18.2 Å². The van der Waals surface area contributed by atoms with Gasteiger partial charge in [0.25, 0.3) is 0 Å². The van der Waals surface area contributed by atoms with E-state index in [0.29, 0.717) is 12.4 Å². The van der Waals surface area contributed by atoms with Crippen LogP contribution in [0.1, 0.15) is 23.9 Å². The number of nitrogens with zero attached hydrogens (tertiary/aromatic N) is 2. The molecule has 0 spiro atoms. The summed E-state index contributed by atoms with van der Waals surface area (Å²) in [4.78, 5) is 11.9. The van der Waals surface area contributed by atoms with Crippen LogP contribution in [0.15, 0.2) is 22.8 Å². The molecule has 1 atom stereocenters. The smallest absolute Gasteiger partial charge is 0.226 e. The number of hydrogen-bond acceptors (Lipinski definition) is 5. The average Bonchev–Trinajstić information content (AvgIpc) is 3.05. The molecule has 3 rings (SSSR count). The molecule has 8 heteroatoms. The average molecular weight is 356 g/mol. The number of hydrogen-bond donors (Lipinski definition) is 3. The Morgan fingerprint density at radius 2 is 2.22 bits per heavy atom. The molecule has 0 aliphatic carbocycles. The molecular weight excluding hydrogens is 337 g/mol. The minimum Gasteiger partial charge on any atom is -0.467 e. The zero-order chi connectivity index (χ0) is 15.7. The molecule has 23 heavy (non-hydrogen) atoms. The van der Waals surface area contributed by atoms with E-state index in [1.165, 1.54) is 0 Å². The Morgan fingerprint density at radius 1 is 1.43 bits per heavy atom. The highest BCUT2D eigenvalue weighted by atomic mass is 35.5. The lowest BCUT2D eigenvalue weighted by molar-refractivity contribution is 0.518. The molecule has 4 N–H and O–H groups in total. The first kappa shape index (κ1) is 17.6. The summed E-state index contributed by atoms with van der Waals surface area (Å²) in [5.74, 6) is 1.52. The quantitative estimate of drug-likeness (QED) is 0.609. The van der Waals surface area contributed by atoms with Crippen molar-refractivity contribution in [3.05, 3.63) is 40.7 Å². The van der Waals surface area contributed by atoms with Crippen molar-refractivity contribution in [1.82, 2.24) is 15.0 Å². The predicted octanol–water partition coefficient (Wildman–Crippen LogP) is 3.44. The lowest BCUT2D eigenvalue weighted by atomic mass is 10.1. The van der Waals surface area contributed by atoms with E-state index in [-0.39, 0.29) is 23.7 Å². The van der Waals surface area contributed by atoms with Crippen LogP contribution in [0, 0.1) is 6.92 Å². The Labute approximate surface area is 145 Å². The van der Waals surface area contributed by atoms with Crippen LogP contribution in [-0.2, 0) is 13.0 Å². The van der Waals surface area contributed by atoms with Crippen molar-refractivity contribution in [1.29, 1.82) is 0 Å². The number of nitrogens with two attached hydrogens (primary N) is 1. The van der Waals surface area contributed by atoms with E-state index < -0.39 is 0 Å². The fraction of sp³-hybridized carbons (Fsp3) is 0.333. The van der Waals surface area contributed by atoms with E-state index in [2.05, 4.69) is 20.3 Å². The summed E-state index contributed by atoms with van der Waals surface area (Å²) in [6.45, 7) is 4.54. The van der Waals surface area contributed by atoms with Crippen molar-refractivity contribution in [2.75, 3.05) is 5.32 Å². The molecule has 0 aliphatic rings. The second kappa shape index (κ2) is 7.21. The third-order valence-corrected chi connectivity index (χ3v) is 3.68. The molecule has 0 amide bonds. The maximum atomic E-state index is 6.02. The first-order chi connectivity index (χ1) is 10.5. The molecule has 0 fully saturated rings. The van der Waals surface area contributed by atoms with Crippen LogP contribution in [0.25, 0.3) is 11.0 Å². The maximum Gasteiger partial charge on any atom is 0.226 e. The minimum absolute atomic E-state index is 0. The third-order valence-electron chi connectivity index (χ3n) is 3.51. The first-order valence-electron chi connectivity index (χ1n) is 7.11. The zero-order valence-electron chi connectivity index (χ0n) is 12.9. The van der Waals surface area contributed by atoms with E-state index in [1.54, 1.807) is 6.26 Å². The van der Waals surface area contributed by atoms with E-state index in [4.69, 9.17) is 21.8 Å². The summed E-state index contributed by atoms with van der Waals surface area (Å²) < 4.78 is 5.32. The molecule has 0 saturated heterocycles. The summed E-state index contributed by atoms with van der Waals surface area (Å²) in [6.07, 6.45) is 2.39. The number of furan rings is 1. The van der Waals surface area contributed by atoms with Crippen LogP contribution in [-0.4, -0.2) is 21.0 Å². The Hall–Kier alpha value is -1.76. The number of fused-ring (bicyclic) bond motifs is 1. The molecule has 0 aliphatic heterocycles. The minimum atomic E-state index is 0. The van der Waals surface area contributed by atoms with Crippen molar-refractivity contribution in [2.24, 2.45) is 5.73 Å². The summed E-state index contributed by atoms with van der Waals surface area (Å²) in [7, 11) is 0. The van der Waals surface area contributed by atoms with Gasteiger partial charge >= 0.3 is 0 Å². The molecule has 6 nitrogen and oxygen atoms in total. The van der Waals surface area contributed by atoms with Gasteiger partial charge in [-0.2, -0.15) is 4.98 Å². The number of aromatic nitrogens is 3. The second-order valence-corrected chi connectivity index (χ2v) is 5.75. The van der Waals surface area contributed by atoms with Gasteiger partial charge in [-0.15, -0.1) is 12.4 Å². The third kappa shape index (κ3) is 3.77. The Balaban J connectivity index is 0.00000192. The summed E-state index contributed by atoms with van der Waals surface area (Å²) in [5, 5.41) is 4.39. The Morgan fingerprint density at radius 3 is 2.87 bits per heavy atom. The number of halogens is 2. The Bertz CT molecular complexity index is 783. The molecule has 0 aromatic carbocycles. The molecule has 1 unspecified atom stereocenters. The molecule has 3 aromatic heterocycles. The molecule has 3 heterocycles. The van der Waals surface area contributed by atoms with Gasteiger partial charge in [0.1, 0.15) is 17.2 Å². The van der Waals surface area contributed by atoms with Crippen molar-refractivity contribution < 1.29 is 4.42 Å².